The van der Waals surface area contributed by atoms with Crippen molar-refractivity contribution in [3.8, 4) is 17.2 Å². The molecule has 0 aromatic heterocycles. The number of para-hydroxylation sites is 1. The monoisotopic (exact) mass is 271 g/mol. The minimum Gasteiger partial charge on any atom is -0.508 e. The molecule has 2 rings (SSSR count). The van der Waals surface area contributed by atoms with Crippen LogP contribution in [0, 0.1) is 0 Å². The van der Waals surface area contributed by atoms with E-state index >= 15 is 0 Å². The van der Waals surface area contributed by atoms with E-state index in [2.05, 4.69) is 4.52 Å². The first kappa shape index (κ1) is 7.46. The van der Waals surface area contributed by atoms with Gasteiger partial charge < -0.3 is 14.2 Å². The molecule has 0 saturated carbocycles. The molecule has 2 aromatic rings. The summed E-state index contributed by atoms with van der Waals surface area (Å²) in [7, 11) is -4.84. The number of phosphoric acid groups is 1. The van der Waals surface area contributed by atoms with E-state index in [-0.39, 0.29) is 11.5 Å². The van der Waals surface area contributed by atoms with Crippen LogP contribution < -0.4 is 9.05 Å². The van der Waals surface area contributed by atoms with Crippen molar-refractivity contribution < 1.29 is 30.5 Å². The molecule has 94 valence electrons. The lowest BCUT2D eigenvalue weighted by atomic mass is 10.3. The van der Waals surface area contributed by atoms with Crippen molar-refractivity contribution in [3.63, 3.8) is 0 Å². The molecule has 0 bridgehead atoms. The average molecular weight is 271 g/mol. The van der Waals surface area contributed by atoms with Crippen LogP contribution in [0.1, 0.15) is 6.85 Å². The Hall–Kier alpha value is -1.97. The van der Waals surface area contributed by atoms with Gasteiger partial charge in [0.25, 0.3) is 0 Å². The van der Waals surface area contributed by atoms with Gasteiger partial charge in [0.05, 0.1) is 6.85 Å². The Bertz CT molecular complexity index is 784. The van der Waals surface area contributed by atoms with Gasteiger partial charge >= 0.3 is 7.82 Å². The Morgan fingerprint density at radius 3 is 2.44 bits per heavy atom. The van der Waals surface area contributed by atoms with Gasteiger partial charge in [-0.1, -0.05) is 24.2 Å². The van der Waals surface area contributed by atoms with Crippen LogP contribution in [-0.4, -0.2) is 10.00 Å². The second-order valence-electron chi connectivity index (χ2n) is 3.10. The largest absolute Gasteiger partial charge is 0.584 e. The molecule has 1 atom stereocenters. The van der Waals surface area contributed by atoms with E-state index < -0.39 is 43.8 Å². The Labute approximate surface area is 111 Å². The quantitative estimate of drug-likeness (QED) is 0.836. The molecule has 2 N–H and O–H groups in total. The summed E-state index contributed by atoms with van der Waals surface area (Å²) in [5, 5.41) is 9.27. The minimum absolute atomic E-state index is 0.191. The summed E-state index contributed by atoms with van der Waals surface area (Å²) in [4.78, 5) is 9.71. The van der Waals surface area contributed by atoms with E-state index in [4.69, 9.17) is 11.4 Å². The van der Waals surface area contributed by atoms with Gasteiger partial charge in [-0.2, -0.15) is 0 Å². The van der Waals surface area contributed by atoms with E-state index in [0.29, 0.717) is 0 Å². The molecule has 5 nitrogen and oxygen atoms in total. The highest BCUT2D eigenvalue weighted by Gasteiger charge is 2.24. The maximum absolute atomic E-state index is 12.0. The summed E-state index contributed by atoms with van der Waals surface area (Å²) >= 11 is 0. The summed E-state index contributed by atoms with van der Waals surface area (Å²) < 4.78 is 58.9. The highest BCUT2D eigenvalue weighted by molar-refractivity contribution is 7.48. The molecule has 0 spiro atoms. The smallest absolute Gasteiger partial charge is 0.508 e. The van der Waals surface area contributed by atoms with E-state index in [1.54, 1.807) is 0 Å². The van der Waals surface area contributed by atoms with Crippen LogP contribution in [0.5, 0.6) is 17.2 Å². The van der Waals surface area contributed by atoms with Gasteiger partial charge in [0.15, 0.2) is 0 Å². The van der Waals surface area contributed by atoms with Gasteiger partial charge in [-0.05, 0) is 24.2 Å². The molecule has 0 aliphatic heterocycles. The zero-order valence-electron chi connectivity index (χ0n) is 13.9. The molecular formula is C12H11O5P. The number of aromatic hydroxyl groups is 1. The SMILES string of the molecule is [2H]c1c([2H])c([2H])c(OP(=O)(O)Oc2cccc(O)c2)c([2H])c1[2H]. The first-order valence-corrected chi connectivity index (χ1v) is 6.20. The summed E-state index contributed by atoms with van der Waals surface area (Å²) in [6.07, 6.45) is 0. The van der Waals surface area contributed by atoms with E-state index in [1.807, 2.05) is 0 Å². The topological polar surface area (TPSA) is 76.0 Å². The molecule has 18 heavy (non-hydrogen) atoms. The van der Waals surface area contributed by atoms with Crippen molar-refractivity contribution >= 4 is 7.82 Å². The minimum atomic E-state index is -4.84. The zero-order chi connectivity index (χ0) is 17.4. The lowest BCUT2D eigenvalue weighted by molar-refractivity contribution is 0.290. The summed E-state index contributed by atoms with van der Waals surface area (Å²) in [6.45, 7) is 0. The summed E-state index contributed by atoms with van der Waals surface area (Å²) in [5.74, 6) is -1.21. The van der Waals surface area contributed by atoms with E-state index in [0.717, 1.165) is 6.07 Å². The predicted molar refractivity (Wildman–Crippen MR) is 65.6 cm³/mol. The van der Waals surface area contributed by atoms with Crippen LogP contribution in [0.2, 0.25) is 0 Å². The molecule has 6 heteroatoms. The Morgan fingerprint density at radius 1 is 1.11 bits per heavy atom. The van der Waals surface area contributed by atoms with Crippen molar-refractivity contribution in [1.82, 2.24) is 0 Å². The number of benzene rings is 2. The van der Waals surface area contributed by atoms with Gasteiger partial charge in [0.1, 0.15) is 17.2 Å². The Morgan fingerprint density at radius 2 is 1.78 bits per heavy atom. The maximum atomic E-state index is 12.0. The molecule has 1 unspecified atom stereocenters. The lowest BCUT2D eigenvalue weighted by Crippen LogP contribution is -1.99. The number of rotatable bonds is 4. The van der Waals surface area contributed by atoms with Gasteiger partial charge in [-0.25, -0.2) is 4.57 Å². The van der Waals surface area contributed by atoms with Gasteiger partial charge in [-0.15, -0.1) is 0 Å². The van der Waals surface area contributed by atoms with Crippen LogP contribution >= 0.6 is 7.82 Å². The standard InChI is InChI=1S/C12H11O5P/c13-10-5-4-8-12(9-10)17-18(14,15)16-11-6-2-1-3-7-11/h1-9,13H,(H,14,15)/i1D,2D,3D,6D,7D. The summed E-state index contributed by atoms with van der Waals surface area (Å²) in [6, 6.07) is 1.36. The normalized spacial score (nSPS) is 17.5. The average Bonchev–Trinajstić information content (AvgIpc) is 2.47. The molecule has 0 aliphatic rings. The van der Waals surface area contributed by atoms with Crippen molar-refractivity contribution in [2.24, 2.45) is 0 Å². The first-order valence-electron chi connectivity index (χ1n) is 7.20. The number of phenolic OH excluding ortho intramolecular Hbond substituents is 1. The van der Waals surface area contributed by atoms with Crippen molar-refractivity contribution in [3.05, 3.63) is 54.5 Å². The third-order valence-corrected chi connectivity index (χ3v) is 2.58. The predicted octanol–water partition coefficient (Wildman–Crippen LogP) is 2.95. The fourth-order valence-corrected chi connectivity index (χ4v) is 1.83. The molecule has 0 fully saturated rings. The molecule has 2 aromatic carbocycles. The third kappa shape index (κ3) is 3.52. The van der Waals surface area contributed by atoms with Crippen molar-refractivity contribution in [2.75, 3.05) is 0 Å². The third-order valence-electron chi connectivity index (χ3n) is 1.72. The molecule has 0 saturated heterocycles. The fraction of sp³-hybridized carbons (Fsp3) is 0. The van der Waals surface area contributed by atoms with Gasteiger partial charge in [-0.3, -0.25) is 4.89 Å². The highest BCUT2D eigenvalue weighted by Crippen LogP contribution is 2.44. The van der Waals surface area contributed by atoms with Crippen LogP contribution in [0.3, 0.4) is 0 Å². The number of phenols is 1. The summed E-state index contributed by atoms with van der Waals surface area (Å²) in [5.41, 5.74) is 0. The molecule has 0 heterocycles. The maximum Gasteiger partial charge on any atom is 0.584 e. The number of hydrogen-bond acceptors (Lipinski definition) is 4. The van der Waals surface area contributed by atoms with Crippen LogP contribution in [0.25, 0.3) is 0 Å². The second-order valence-corrected chi connectivity index (χ2v) is 4.40. The Balaban J connectivity index is 2.36. The molecule has 0 amide bonds. The highest BCUT2D eigenvalue weighted by atomic mass is 31.2. The van der Waals surface area contributed by atoms with Crippen molar-refractivity contribution in [2.45, 2.75) is 0 Å². The Kier molecular flexibility index (Phi) is 2.12. The molecular weight excluding hydrogens is 255 g/mol. The van der Waals surface area contributed by atoms with Crippen molar-refractivity contribution in [1.29, 1.82) is 0 Å². The second kappa shape index (κ2) is 5.12. The number of hydrogen-bond donors (Lipinski definition) is 2. The van der Waals surface area contributed by atoms with E-state index in [1.165, 1.54) is 18.2 Å². The van der Waals surface area contributed by atoms with Crippen LogP contribution in [-0.2, 0) is 4.57 Å². The first-order chi connectivity index (χ1) is 10.6. The fourth-order valence-electron chi connectivity index (χ4n) is 1.09. The van der Waals surface area contributed by atoms with Gasteiger partial charge in [0.2, 0.25) is 0 Å². The molecule has 0 radical (unpaired) electrons. The van der Waals surface area contributed by atoms with Crippen LogP contribution in [0.4, 0.5) is 0 Å². The molecule has 0 aliphatic carbocycles. The zero-order valence-corrected chi connectivity index (χ0v) is 9.77. The van der Waals surface area contributed by atoms with Crippen LogP contribution in [0.15, 0.2) is 54.5 Å². The van der Waals surface area contributed by atoms with E-state index in [9.17, 15) is 14.6 Å². The number of phosphoric ester groups is 1. The lowest BCUT2D eigenvalue weighted by Gasteiger charge is -2.13. The van der Waals surface area contributed by atoms with Gasteiger partial charge in [0, 0.05) is 6.07 Å².